The molecule has 0 aliphatic heterocycles. The first-order valence-corrected chi connectivity index (χ1v) is 13.4. The molecule has 0 aromatic heterocycles. The largest absolute Gasteiger partial charge is 0.423 e. The van der Waals surface area contributed by atoms with Gasteiger partial charge >= 0.3 is 11.9 Å². The minimum Gasteiger partial charge on any atom is -0.423 e. The van der Waals surface area contributed by atoms with Gasteiger partial charge in [0.2, 0.25) is 5.91 Å². The summed E-state index contributed by atoms with van der Waals surface area (Å²) < 4.78 is 11.0. The number of rotatable bonds is 10. The Bertz CT molecular complexity index is 1660. The van der Waals surface area contributed by atoms with Gasteiger partial charge < -0.3 is 14.8 Å². The second-order valence-corrected chi connectivity index (χ2v) is 9.51. The maximum Gasteiger partial charge on any atom is 0.343 e. The lowest BCUT2D eigenvalue weighted by Crippen LogP contribution is -2.19. The number of hydrogen-bond donors (Lipinski definition) is 2. The Kier molecular flexibility index (Phi) is 10.3. The van der Waals surface area contributed by atoms with Crippen LogP contribution in [0, 0.1) is 5.92 Å². The molecule has 0 aliphatic carbocycles. The number of para-hydroxylation sites is 2. The van der Waals surface area contributed by atoms with Crippen LogP contribution in [-0.4, -0.2) is 30.0 Å². The zero-order chi connectivity index (χ0) is 30.6. The van der Waals surface area contributed by atoms with Crippen molar-refractivity contribution in [1.82, 2.24) is 5.43 Å². The number of carbonyl (C=O) groups excluding carboxylic acids is 4. The molecule has 0 aliphatic rings. The van der Waals surface area contributed by atoms with Gasteiger partial charge in [-0.15, -0.1) is 0 Å². The molecule has 0 bridgehead atoms. The summed E-state index contributed by atoms with van der Waals surface area (Å²) in [6, 6.07) is 28.5. The van der Waals surface area contributed by atoms with Gasteiger partial charge in [-0.25, -0.2) is 15.0 Å². The molecule has 43 heavy (non-hydrogen) atoms. The Morgan fingerprint density at radius 1 is 0.698 bits per heavy atom. The summed E-state index contributed by atoms with van der Waals surface area (Å²) in [6.45, 7) is 3.58. The van der Waals surface area contributed by atoms with Crippen molar-refractivity contribution in [2.75, 3.05) is 5.32 Å². The van der Waals surface area contributed by atoms with Gasteiger partial charge in [-0.2, -0.15) is 5.10 Å². The highest BCUT2D eigenvalue weighted by molar-refractivity contribution is 5.97. The molecule has 216 valence electrons. The van der Waals surface area contributed by atoms with Gasteiger partial charge in [-0.05, 0) is 60.7 Å². The summed E-state index contributed by atoms with van der Waals surface area (Å²) in [5.41, 5.74) is 4.73. The van der Waals surface area contributed by atoms with E-state index in [1.807, 2.05) is 0 Å². The smallest absolute Gasteiger partial charge is 0.343 e. The maximum atomic E-state index is 12.6. The Balaban J connectivity index is 1.36. The monoisotopic (exact) mass is 575 g/mol. The molecule has 4 aromatic rings. The molecule has 2 amide bonds. The fourth-order valence-corrected chi connectivity index (χ4v) is 3.64. The van der Waals surface area contributed by atoms with E-state index in [-0.39, 0.29) is 17.6 Å². The molecule has 4 rings (SSSR count). The lowest BCUT2D eigenvalue weighted by atomic mass is 10.1. The zero-order valence-corrected chi connectivity index (χ0v) is 23.5. The van der Waals surface area contributed by atoms with Crippen molar-refractivity contribution >= 4 is 41.7 Å². The maximum absolute atomic E-state index is 12.6. The molecule has 4 aromatic carbocycles. The molecule has 9 heteroatoms. The number of nitrogens with zero attached hydrogens (tertiary/aromatic N) is 1. The average Bonchev–Trinajstić information content (AvgIpc) is 3.02. The third kappa shape index (κ3) is 8.83. The van der Waals surface area contributed by atoms with E-state index in [9.17, 15) is 19.2 Å². The second-order valence-electron chi connectivity index (χ2n) is 9.51. The minimum absolute atomic E-state index is 0.120. The van der Waals surface area contributed by atoms with Gasteiger partial charge in [-0.1, -0.05) is 62.4 Å². The molecule has 0 radical (unpaired) electrons. The number of anilines is 1. The van der Waals surface area contributed by atoms with Gasteiger partial charge in [0, 0.05) is 34.4 Å². The number of benzene rings is 4. The molecule has 0 unspecified atom stereocenters. The number of ether oxygens (including phenoxy) is 2. The topological polar surface area (TPSA) is 123 Å². The second kappa shape index (κ2) is 14.7. The van der Waals surface area contributed by atoms with Gasteiger partial charge in [0.25, 0.3) is 5.91 Å². The van der Waals surface area contributed by atoms with Crippen LogP contribution in [0.3, 0.4) is 0 Å². The van der Waals surface area contributed by atoms with Crippen molar-refractivity contribution < 1.29 is 28.7 Å². The SMILES string of the molecule is CC(C)C(=O)Nc1ccc(C(=O)N/N=C/c2ccccc2OC(=O)/C=C/c2ccccc2OC(=O)c2ccccc2)cc1. The third-order valence-electron chi connectivity index (χ3n) is 5.97. The molecule has 0 saturated heterocycles. The predicted molar refractivity (Wildman–Crippen MR) is 164 cm³/mol. The molecule has 0 atom stereocenters. The molecule has 9 nitrogen and oxygen atoms in total. The predicted octanol–water partition coefficient (Wildman–Crippen LogP) is 5.88. The molecule has 2 N–H and O–H groups in total. The highest BCUT2D eigenvalue weighted by Crippen LogP contribution is 2.22. The number of carbonyl (C=O) groups is 4. The first kappa shape index (κ1) is 30.1. The Hall–Kier alpha value is -5.83. The first-order valence-electron chi connectivity index (χ1n) is 13.4. The van der Waals surface area contributed by atoms with Crippen LogP contribution in [0.15, 0.2) is 114 Å². The summed E-state index contributed by atoms with van der Waals surface area (Å²) in [5, 5.41) is 6.75. The number of hydrazone groups is 1. The molecule has 0 spiro atoms. The minimum atomic E-state index is -0.668. The van der Waals surface area contributed by atoms with E-state index in [0.717, 1.165) is 0 Å². The van der Waals surface area contributed by atoms with Gasteiger partial charge in [0.05, 0.1) is 11.8 Å². The van der Waals surface area contributed by atoms with Gasteiger partial charge in [0.15, 0.2) is 0 Å². The van der Waals surface area contributed by atoms with Crippen molar-refractivity contribution in [2.45, 2.75) is 13.8 Å². The van der Waals surface area contributed by atoms with E-state index in [0.29, 0.717) is 33.7 Å². The lowest BCUT2D eigenvalue weighted by molar-refractivity contribution is -0.129. The highest BCUT2D eigenvalue weighted by atomic mass is 16.5. The Morgan fingerprint density at radius 3 is 1.98 bits per heavy atom. The average molecular weight is 576 g/mol. The van der Waals surface area contributed by atoms with Crippen LogP contribution in [0.1, 0.15) is 45.7 Å². The van der Waals surface area contributed by atoms with Crippen LogP contribution in [-0.2, 0) is 9.59 Å². The van der Waals surface area contributed by atoms with Crippen LogP contribution in [0.5, 0.6) is 11.5 Å². The molecular formula is C34H29N3O6. The van der Waals surface area contributed by atoms with Crippen LogP contribution in [0.4, 0.5) is 5.69 Å². The number of hydrogen-bond acceptors (Lipinski definition) is 7. The van der Waals surface area contributed by atoms with Crippen molar-refractivity contribution in [2.24, 2.45) is 11.0 Å². The standard InChI is InChI=1S/C34H29N3O6/c1-23(2)32(39)36-28-19-16-25(17-20-28)33(40)37-35-22-27-13-7-9-15-30(27)42-31(38)21-18-24-10-6-8-14-29(24)43-34(41)26-11-4-3-5-12-26/h3-23H,1-2H3,(H,36,39)(H,37,40)/b21-18+,35-22+. The van der Waals surface area contributed by atoms with Crippen LogP contribution >= 0.6 is 0 Å². The molecule has 0 fully saturated rings. The Labute approximate surface area is 248 Å². The van der Waals surface area contributed by atoms with E-state index in [2.05, 4.69) is 15.8 Å². The van der Waals surface area contributed by atoms with Crippen LogP contribution < -0.4 is 20.2 Å². The van der Waals surface area contributed by atoms with E-state index in [1.54, 1.807) is 117 Å². The summed E-state index contributed by atoms with van der Waals surface area (Å²) in [7, 11) is 0. The van der Waals surface area contributed by atoms with E-state index < -0.39 is 17.8 Å². The van der Waals surface area contributed by atoms with Crippen LogP contribution in [0.2, 0.25) is 0 Å². The number of amides is 2. The third-order valence-corrected chi connectivity index (χ3v) is 5.97. The molecular weight excluding hydrogens is 546 g/mol. The molecule has 0 saturated carbocycles. The van der Waals surface area contributed by atoms with Crippen molar-refractivity contribution in [3.05, 3.63) is 131 Å². The van der Waals surface area contributed by atoms with E-state index in [1.165, 1.54) is 18.4 Å². The van der Waals surface area contributed by atoms with Crippen molar-refractivity contribution in [3.8, 4) is 11.5 Å². The van der Waals surface area contributed by atoms with Crippen LogP contribution in [0.25, 0.3) is 6.08 Å². The quantitative estimate of drug-likeness (QED) is 0.0800. The highest BCUT2D eigenvalue weighted by Gasteiger charge is 2.12. The summed E-state index contributed by atoms with van der Waals surface area (Å²) in [6.07, 6.45) is 4.07. The number of esters is 2. The zero-order valence-electron chi connectivity index (χ0n) is 23.5. The van der Waals surface area contributed by atoms with Crippen molar-refractivity contribution in [1.29, 1.82) is 0 Å². The summed E-state index contributed by atoms with van der Waals surface area (Å²) in [4.78, 5) is 49.4. The van der Waals surface area contributed by atoms with E-state index in [4.69, 9.17) is 9.47 Å². The summed E-state index contributed by atoms with van der Waals surface area (Å²) >= 11 is 0. The fraction of sp³-hybridized carbons (Fsp3) is 0.0882. The van der Waals surface area contributed by atoms with Gasteiger partial charge in [-0.3, -0.25) is 9.59 Å². The fourth-order valence-electron chi connectivity index (χ4n) is 3.64. The normalized spacial score (nSPS) is 11.0. The van der Waals surface area contributed by atoms with E-state index >= 15 is 0 Å². The number of nitrogens with one attached hydrogen (secondary N) is 2. The lowest BCUT2D eigenvalue weighted by Gasteiger charge is -2.08. The Morgan fingerprint density at radius 2 is 1.30 bits per heavy atom. The first-order chi connectivity index (χ1) is 20.8. The van der Waals surface area contributed by atoms with Crippen molar-refractivity contribution in [3.63, 3.8) is 0 Å². The summed E-state index contributed by atoms with van der Waals surface area (Å²) in [5.74, 6) is -1.41. The molecule has 0 heterocycles. The van der Waals surface area contributed by atoms with Gasteiger partial charge in [0.1, 0.15) is 11.5 Å².